The zero-order valence-electron chi connectivity index (χ0n) is 10.9. The van der Waals surface area contributed by atoms with E-state index in [2.05, 4.69) is 5.32 Å². The monoisotopic (exact) mass is 300 g/mol. The third kappa shape index (κ3) is 5.37. The molecule has 20 heavy (non-hydrogen) atoms. The Bertz CT molecular complexity index is 571. The van der Waals surface area contributed by atoms with E-state index in [1.165, 1.54) is 7.05 Å². The predicted octanol–water partition coefficient (Wildman–Crippen LogP) is -0.652. The van der Waals surface area contributed by atoms with Gasteiger partial charge in [0.25, 0.3) is 0 Å². The van der Waals surface area contributed by atoms with Crippen LogP contribution in [0.5, 0.6) is 0 Å². The molecule has 110 valence electrons. The summed E-state index contributed by atoms with van der Waals surface area (Å²) >= 11 is 0. The number of hydrogen-bond acceptors (Lipinski definition) is 4. The molecule has 0 fully saturated rings. The van der Waals surface area contributed by atoms with E-state index >= 15 is 0 Å². The Morgan fingerprint density at radius 1 is 1.25 bits per heavy atom. The van der Waals surface area contributed by atoms with Crippen LogP contribution in [0.4, 0.5) is 0 Å². The van der Waals surface area contributed by atoms with Gasteiger partial charge in [-0.3, -0.25) is 4.79 Å². The van der Waals surface area contributed by atoms with Gasteiger partial charge in [0.05, 0.1) is 0 Å². The summed E-state index contributed by atoms with van der Waals surface area (Å²) in [6, 6.07) is 7.58. The van der Waals surface area contributed by atoms with Crippen LogP contribution in [-0.2, 0) is 26.0 Å². The number of carboxylic acid groups (broad SMARTS) is 1. The second kappa shape index (κ2) is 7.01. The fraction of sp³-hybridized carbons (Fsp3) is 0.333. The van der Waals surface area contributed by atoms with E-state index in [-0.39, 0.29) is 6.42 Å². The van der Waals surface area contributed by atoms with Gasteiger partial charge >= 0.3 is 5.97 Å². The second-order valence-corrected chi connectivity index (χ2v) is 6.04. The van der Waals surface area contributed by atoms with Gasteiger partial charge in [-0.1, -0.05) is 30.3 Å². The van der Waals surface area contributed by atoms with Gasteiger partial charge < -0.3 is 10.4 Å². The van der Waals surface area contributed by atoms with E-state index in [0.29, 0.717) is 0 Å². The van der Waals surface area contributed by atoms with E-state index in [9.17, 15) is 18.0 Å². The SMILES string of the molecule is CNS(=O)(=O)CC(=O)N[C@H](Cc1ccccc1)C(=O)O. The van der Waals surface area contributed by atoms with Crippen LogP contribution < -0.4 is 10.0 Å². The van der Waals surface area contributed by atoms with Crippen molar-refractivity contribution >= 4 is 21.9 Å². The maximum absolute atomic E-state index is 11.5. The minimum absolute atomic E-state index is 0.0848. The summed E-state index contributed by atoms with van der Waals surface area (Å²) in [5.41, 5.74) is 0.733. The molecular weight excluding hydrogens is 284 g/mol. The summed E-state index contributed by atoms with van der Waals surface area (Å²) < 4.78 is 24.4. The Kier molecular flexibility index (Phi) is 5.66. The van der Waals surface area contributed by atoms with Gasteiger partial charge in [0.1, 0.15) is 11.8 Å². The number of sulfonamides is 1. The average molecular weight is 300 g/mol. The van der Waals surface area contributed by atoms with Gasteiger partial charge in [-0.25, -0.2) is 17.9 Å². The lowest BCUT2D eigenvalue weighted by molar-refractivity contribution is -0.141. The van der Waals surface area contributed by atoms with Crippen LogP contribution in [0.25, 0.3) is 0 Å². The first-order valence-corrected chi connectivity index (χ1v) is 7.46. The maximum Gasteiger partial charge on any atom is 0.326 e. The normalized spacial score (nSPS) is 12.7. The standard InChI is InChI=1S/C12H16N2O5S/c1-13-20(18,19)8-11(15)14-10(12(16)17)7-9-5-3-2-4-6-9/h2-6,10,13H,7-8H2,1H3,(H,14,15)(H,16,17)/t10-/m1/s1. The number of amides is 1. The minimum atomic E-state index is -3.72. The molecule has 1 aromatic carbocycles. The van der Waals surface area contributed by atoms with Crippen LogP contribution in [0.1, 0.15) is 5.56 Å². The van der Waals surface area contributed by atoms with Crippen LogP contribution in [0.3, 0.4) is 0 Å². The zero-order chi connectivity index (χ0) is 15.2. The molecule has 0 bridgehead atoms. The van der Waals surface area contributed by atoms with Crippen molar-refractivity contribution in [3.63, 3.8) is 0 Å². The maximum atomic E-state index is 11.5. The van der Waals surface area contributed by atoms with Gasteiger partial charge in [0, 0.05) is 6.42 Å². The average Bonchev–Trinajstić information content (AvgIpc) is 2.38. The smallest absolute Gasteiger partial charge is 0.326 e. The second-order valence-electron chi connectivity index (χ2n) is 4.11. The summed E-state index contributed by atoms with van der Waals surface area (Å²) in [7, 11) is -2.54. The molecule has 8 heteroatoms. The lowest BCUT2D eigenvalue weighted by Gasteiger charge is -2.14. The predicted molar refractivity (Wildman–Crippen MR) is 72.6 cm³/mol. The molecule has 0 aliphatic rings. The van der Waals surface area contributed by atoms with Gasteiger partial charge in [-0.15, -0.1) is 0 Å². The topological polar surface area (TPSA) is 113 Å². The molecule has 0 aromatic heterocycles. The number of carbonyl (C=O) groups is 2. The van der Waals surface area contributed by atoms with Gasteiger partial charge in [0.2, 0.25) is 15.9 Å². The number of carbonyl (C=O) groups excluding carboxylic acids is 1. The quantitative estimate of drug-likeness (QED) is 0.619. The van der Waals surface area contributed by atoms with Crippen molar-refractivity contribution in [3.8, 4) is 0 Å². The van der Waals surface area contributed by atoms with E-state index < -0.39 is 33.7 Å². The summed E-state index contributed by atoms with van der Waals surface area (Å²) in [4.78, 5) is 22.6. The molecule has 0 radical (unpaired) electrons. The van der Waals surface area contributed by atoms with Crippen molar-refractivity contribution in [1.82, 2.24) is 10.0 Å². The fourth-order valence-corrected chi connectivity index (χ4v) is 2.10. The van der Waals surface area contributed by atoms with Crippen molar-refractivity contribution < 1.29 is 23.1 Å². The first kappa shape index (κ1) is 16.1. The molecule has 1 aromatic rings. The molecule has 1 rings (SSSR count). The van der Waals surface area contributed by atoms with Crippen molar-refractivity contribution in [2.75, 3.05) is 12.8 Å². The molecular formula is C12H16N2O5S. The first-order valence-electron chi connectivity index (χ1n) is 5.81. The Labute approximate surface area is 117 Å². The number of nitrogens with one attached hydrogen (secondary N) is 2. The minimum Gasteiger partial charge on any atom is -0.480 e. The van der Waals surface area contributed by atoms with Gasteiger partial charge in [-0.2, -0.15) is 0 Å². The fourth-order valence-electron chi connectivity index (χ4n) is 1.53. The molecule has 0 aliphatic carbocycles. The van der Waals surface area contributed by atoms with Crippen molar-refractivity contribution in [3.05, 3.63) is 35.9 Å². The lowest BCUT2D eigenvalue weighted by atomic mass is 10.1. The highest BCUT2D eigenvalue weighted by molar-refractivity contribution is 7.90. The van der Waals surface area contributed by atoms with Crippen LogP contribution in [0.2, 0.25) is 0 Å². The summed E-state index contributed by atoms with van der Waals surface area (Å²) in [5.74, 6) is -2.88. The molecule has 0 saturated carbocycles. The van der Waals surface area contributed by atoms with Crippen LogP contribution >= 0.6 is 0 Å². The summed E-state index contributed by atoms with van der Waals surface area (Å²) in [5, 5.41) is 11.3. The third-order valence-corrected chi connectivity index (χ3v) is 3.81. The van der Waals surface area contributed by atoms with Crippen molar-refractivity contribution in [1.29, 1.82) is 0 Å². The number of rotatable bonds is 7. The highest BCUT2D eigenvalue weighted by atomic mass is 32.2. The Morgan fingerprint density at radius 3 is 2.35 bits per heavy atom. The highest BCUT2D eigenvalue weighted by Crippen LogP contribution is 2.03. The number of aliphatic carboxylic acids is 1. The van der Waals surface area contributed by atoms with Crippen LogP contribution in [0, 0.1) is 0 Å². The molecule has 0 spiro atoms. The van der Waals surface area contributed by atoms with Crippen LogP contribution in [-0.4, -0.2) is 44.2 Å². The highest BCUT2D eigenvalue weighted by Gasteiger charge is 2.23. The molecule has 1 amide bonds. The van der Waals surface area contributed by atoms with E-state index in [1.54, 1.807) is 30.3 Å². The van der Waals surface area contributed by atoms with Crippen molar-refractivity contribution in [2.45, 2.75) is 12.5 Å². The van der Waals surface area contributed by atoms with Gasteiger partial charge in [-0.05, 0) is 12.6 Å². The zero-order valence-corrected chi connectivity index (χ0v) is 11.7. The lowest BCUT2D eigenvalue weighted by Crippen LogP contribution is -2.45. The third-order valence-electron chi connectivity index (χ3n) is 2.55. The Morgan fingerprint density at radius 2 is 1.85 bits per heavy atom. The molecule has 0 aliphatic heterocycles. The van der Waals surface area contributed by atoms with E-state index in [0.717, 1.165) is 5.56 Å². The molecule has 1 atom stereocenters. The van der Waals surface area contributed by atoms with Crippen LogP contribution in [0.15, 0.2) is 30.3 Å². The molecule has 0 saturated heterocycles. The number of hydrogen-bond donors (Lipinski definition) is 3. The van der Waals surface area contributed by atoms with E-state index in [4.69, 9.17) is 5.11 Å². The van der Waals surface area contributed by atoms with Gasteiger partial charge in [0.15, 0.2) is 0 Å². The molecule has 7 nitrogen and oxygen atoms in total. The Balaban J connectivity index is 2.69. The number of benzene rings is 1. The largest absolute Gasteiger partial charge is 0.480 e. The summed E-state index contributed by atoms with van der Waals surface area (Å²) in [6.45, 7) is 0. The summed E-state index contributed by atoms with van der Waals surface area (Å²) in [6.07, 6.45) is 0.0848. The first-order chi connectivity index (χ1) is 9.34. The molecule has 0 unspecified atom stereocenters. The molecule has 3 N–H and O–H groups in total. The Hall–Kier alpha value is -1.93. The van der Waals surface area contributed by atoms with Crippen molar-refractivity contribution in [2.24, 2.45) is 0 Å². The van der Waals surface area contributed by atoms with E-state index in [1.807, 2.05) is 4.72 Å². The number of carboxylic acids is 1. The molecule has 0 heterocycles.